The highest BCUT2D eigenvalue weighted by atomic mass is 35.5. The standard InChI is InChI=1S/C26H30F3N5.ClH/c1-16-20(6-5-7-23(16)26(27,28)29)17(2)30-24-22-12-19(8-9-21(22)18(3)31-32-24)34-14-25(15-34)10-11-33(4)13-25;/h5-9,12,17H,10-11,13-15H2,1-4H3,(H,30,32);1H/t17-;/m1./s1. The van der Waals surface area contributed by atoms with E-state index in [2.05, 4.69) is 50.6 Å². The van der Waals surface area contributed by atoms with Gasteiger partial charge in [-0.05, 0) is 70.1 Å². The van der Waals surface area contributed by atoms with Crippen LogP contribution in [0.15, 0.2) is 36.4 Å². The van der Waals surface area contributed by atoms with Crippen molar-refractivity contribution in [2.45, 2.75) is 39.4 Å². The van der Waals surface area contributed by atoms with Crippen LogP contribution < -0.4 is 10.2 Å². The molecule has 0 amide bonds. The average Bonchev–Trinajstić information content (AvgIpc) is 3.16. The predicted molar refractivity (Wildman–Crippen MR) is 137 cm³/mol. The molecule has 2 saturated heterocycles. The lowest BCUT2D eigenvalue weighted by atomic mass is 9.78. The first-order valence-electron chi connectivity index (χ1n) is 11.7. The van der Waals surface area contributed by atoms with Crippen molar-refractivity contribution in [2.24, 2.45) is 5.41 Å². The van der Waals surface area contributed by atoms with Gasteiger partial charge in [0.2, 0.25) is 0 Å². The molecule has 2 aliphatic heterocycles. The van der Waals surface area contributed by atoms with Crippen molar-refractivity contribution in [1.82, 2.24) is 15.1 Å². The van der Waals surface area contributed by atoms with Gasteiger partial charge in [-0.15, -0.1) is 17.5 Å². The number of anilines is 2. The van der Waals surface area contributed by atoms with Crippen molar-refractivity contribution < 1.29 is 13.2 Å². The monoisotopic (exact) mass is 505 g/mol. The molecule has 5 rings (SSSR count). The van der Waals surface area contributed by atoms with Gasteiger partial charge in [0.15, 0.2) is 5.82 Å². The van der Waals surface area contributed by atoms with E-state index in [-0.39, 0.29) is 24.0 Å². The van der Waals surface area contributed by atoms with Gasteiger partial charge in [-0.2, -0.15) is 18.3 Å². The van der Waals surface area contributed by atoms with Crippen LogP contribution in [0, 0.1) is 19.3 Å². The summed E-state index contributed by atoms with van der Waals surface area (Å²) in [7, 11) is 2.18. The highest BCUT2D eigenvalue weighted by Gasteiger charge is 2.46. The quantitative estimate of drug-likeness (QED) is 0.471. The van der Waals surface area contributed by atoms with Gasteiger partial charge in [-0.25, -0.2) is 0 Å². The van der Waals surface area contributed by atoms with Gasteiger partial charge in [0.25, 0.3) is 0 Å². The van der Waals surface area contributed by atoms with Crippen molar-refractivity contribution in [2.75, 3.05) is 43.4 Å². The normalized spacial score (nSPS) is 18.4. The molecule has 0 aliphatic carbocycles. The summed E-state index contributed by atoms with van der Waals surface area (Å²) in [6.45, 7) is 9.69. The molecule has 2 aromatic carbocycles. The number of aromatic nitrogens is 2. The third-order valence-electron chi connectivity index (χ3n) is 7.50. The lowest BCUT2D eigenvalue weighted by molar-refractivity contribution is -0.138. The molecule has 3 heterocycles. The molecule has 0 radical (unpaired) electrons. The summed E-state index contributed by atoms with van der Waals surface area (Å²) in [6, 6.07) is 10.3. The van der Waals surface area contributed by atoms with E-state index in [1.165, 1.54) is 19.4 Å². The molecule has 5 nitrogen and oxygen atoms in total. The molecule has 0 unspecified atom stereocenters. The van der Waals surface area contributed by atoms with Crippen molar-refractivity contribution in [1.29, 1.82) is 0 Å². The zero-order valence-electron chi connectivity index (χ0n) is 20.4. The first-order chi connectivity index (χ1) is 16.1. The molecule has 2 fully saturated rings. The van der Waals surface area contributed by atoms with Crippen LogP contribution >= 0.6 is 12.4 Å². The highest BCUT2D eigenvalue weighted by molar-refractivity contribution is 5.95. The summed E-state index contributed by atoms with van der Waals surface area (Å²) in [5.74, 6) is 0.586. The smallest absolute Gasteiger partial charge is 0.370 e. The number of benzene rings is 2. The molecular weight excluding hydrogens is 475 g/mol. The lowest BCUT2D eigenvalue weighted by Crippen LogP contribution is -2.57. The number of nitrogens with zero attached hydrogens (tertiary/aromatic N) is 4. The van der Waals surface area contributed by atoms with Gasteiger partial charge in [0.1, 0.15) is 0 Å². The number of hydrogen-bond donors (Lipinski definition) is 1. The fourth-order valence-electron chi connectivity index (χ4n) is 5.66. The number of likely N-dealkylation sites (tertiary alicyclic amines) is 1. The molecule has 1 aromatic heterocycles. The number of fused-ring (bicyclic) bond motifs is 1. The molecule has 3 aromatic rings. The molecule has 1 spiro atoms. The van der Waals surface area contributed by atoms with Crippen LogP contribution in [-0.4, -0.2) is 48.3 Å². The average molecular weight is 506 g/mol. The van der Waals surface area contributed by atoms with Crippen molar-refractivity contribution in [3.05, 3.63) is 58.8 Å². The Morgan fingerprint density at radius 1 is 1.03 bits per heavy atom. The van der Waals surface area contributed by atoms with Gasteiger partial charge in [-0.3, -0.25) is 0 Å². The summed E-state index contributed by atoms with van der Waals surface area (Å²) in [5.41, 5.74) is 2.58. The third kappa shape index (κ3) is 4.66. The summed E-state index contributed by atoms with van der Waals surface area (Å²) >= 11 is 0. The molecule has 0 bridgehead atoms. The maximum absolute atomic E-state index is 13.4. The Morgan fingerprint density at radius 2 is 1.77 bits per heavy atom. The van der Waals surface area contributed by atoms with Gasteiger partial charge < -0.3 is 15.1 Å². The fraction of sp³-hybridized carbons (Fsp3) is 0.462. The minimum absolute atomic E-state index is 0. The molecular formula is C26H31ClF3N5. The van der Waals surface area contributed by atoms with Crippen molar-refractivity contribution in [3.63, 3.8) is 0 Å². The molecule has 1 atom stereocenters. The lowest BCUT2D eigenvalue weighted by Gasteiger charge is -2.49. The Labute approximate surface area is 210 Å². The van der Waals surface area contributed by atoms with E-state index in [1.807, 2.05) is 13.8 Å². The zero-order chi connectivity index (χ0) is 24.3. The van der Waals surface area contributed by atoms with Crippen LogP contribution in [0.3, 0.4) is 0 Å². The van der Waals surface area contributed by atoms with E-state index in [0.29, 0.717) is 16.8 Å². The highest BCUT2D eigenvalue weighted by Crippen LogP contribution is 2.42. The van der Waals surface area contributed by atoms with Gasteiger partial charge >= 0.3 is 6.18 Å². The second kappa shape index (κ2) is 9.13. The molecule has 188 valence electrons. The van der Waals surface area contributed by atoms with Gasteiger partial charge in [-0.1, -0.05) is 18.2 Å². The summed E-state index contributed by atoms with van der Waals surface area (Å²) in [6.07, 6.45) is -3.15. The Hall–Kier alpha value is -2.58. The van der Waals surface area contributed by atoms with Crippen LogP contribution in [-0.2, 0) is 6.18 Å². The van der Waals surface area contributed by atoms with E-state index >= 15 is 0 Å². The molecule has 2 aliphatic rings. The molecule has 1 N–H and O–H groups in total. The largest absolute Gasteiger partial charge is 0.416 e. The summed E-state index contributed by atoms with van der Waals surface area (Å²) in [4.78, 5) is 4.80. The number of rotatable bonds is 4. The van der Waals surface area contributed by atoms with Crippen LogP contribution in [0.2, 0.25) is 0 Å². The molecule has 0 saturated carbocycles. The fourth-order valence-corrected chi connectivity index (χ4v) is 5.66. The molecule has 35 heavy (non-hydrogen) atoms. The first-order valence-corrected chi connectivity index (χ1v) is 11.7. The second-order valence-corrected chi connectivity index (χ2v) is 10.1. The first kappa shape index (κ1) is 25.5. The third-order valence-corrected chi connectivity index (χ3v) is 7.50. The van der Waals surface area contributed by atoms with Crippen LogP contribution in [0.1, 0.15) is 41.8 Å². The van der Waals surface area contributed by atoms with E-state index in [9.17, 15) is 13.2 Å². The number of alkyl halides is 3. The Kier molecular flexibility index (Phi) is 6.66. The minimum atomic E-state index is -4.38. The Bertz CT molecular complexity index is 1240. The van der Waals surface area contributed by atoms with Gasteiger partial charge in [0, 0.05) is 41.5 Å². The number of hydrogen-bond acceptors (Lipinski definition) is 5. The van der Waals surface area contributed by atoms with Crippen molar-refractivity contribution in [3.8, 4) is 0 Å². The van der Waals surface area contributed by atoms with Crippen molar-refractivity contribution >= 4 is 34.7 Å². The maximum Gasteiger partial charge on any atom is 0.416 e. The van der Waals surface area contributed by atoms with E-state index in [1.54, 1.807) is 6.07 Å². The summed E-state index contributed by atoms with van der Waals surface area (Å²) in [5, 5.41) is 14.0. The zero-order valence-corrected chi connectivity index (χ0v) is 21.2. The topological polar surface area (TPSA) is 44.3 Å². The SMILES string of the molecule is Cc1c([C@@H](C)Nc2nnc(C)c3ccc(N4CC5(CCN(C)C5)C4)cc23)cccc1C(F)(F)F.Cl. The number of nitrogens with one attached hydrogen (secondary N) is 1. The van der Waals surface area contributed by atoms with E-state index in [0.717, 1.165) is 54.4 Å². The minimum Gasteiger partial charge on any atom is -0.370 e. The Morgan fingerprint density at radius 3 is 2.43 bits per heavy atom. The van der Waals surface area contributed by atoms with E-state index in [4.69, 9.17) is 0 Å². The summed E-state index contributed by atoms with van der Waals surface area (Å²) < 4.78 is 40.2. The Balaban J connectivity index is 0.00000289. The van der Waals surface area contributed by atoms with E-state index < -0.39 is 11.7 Å². The van der Waals surface area contributed by atoms with Crippen LogP contribution in [0.25, 0.3) is 10.8 Å². The molecule has 9 heteroatoms. The number of halogens is 4. The van der Waals surface area contributed by atoms with Crippen LogP contribution in [0.5, 0.6) is 0 Å². The second-order valence-electron chi connectivity index (χ2n) is 10.1. The predicted octanol–water partition coefficient (Wildman–Crippen LogP) is 6.00. The van der Waals surface area contributed by atoms with Crippen LogP contribution in [0.4, 0.5) is 24.7 Å². The van der Waals surface area contributed by atoms with Gasteiger partial charge in [0.05, 0.1) is 17.3 Å². The number of aryl methyl sites for hydroxylation is 1. The maximum atomic E-state index is 13.4.